The molecule has 1 unspecified atom stereocenters. The lowest BCUT2D eigenvalue weighted by Gasteiger charge is -2.23. The maximum Gasteiger partial charge on any atom is 0.490 e. The topological polar surface area (TPSA) is 136 Å². The summed E-state index contributed by atoms with van der Waals surface area (Å²) >= 11 is 0. The molecule has 1 fully saturated rings. The minimum absolute atomic E-state index is 0.263. The zero-order valence-corrected chi connectivity index (χ0v) is 12.4. The molecule has 1 saturated heterocycles. The van der Waals surface area contributed by atoms with E-state index in [0.29, 0.717) is 6.04 Å². The van der Waals surface area contributed by atoms with Crippen LogP contribution in [0.1, 0.15) is 12.8 Å². The zero-order chi connectivity index (χ0) is 20.3. The normalized spacial score (nSPS) is 17.3. The number of carboxylic acid groups (broad SMARTS) is 3. The highest BCUT2D eigenvalue weighted by Crippen LogP contribution is 2.13. The summed E-state index contributed by atoms with van der Waals surface area (Å²) in [6.45, 7) is 2.83. The third-order valence-electron chi connectivity index (χ3n) is 2.32. The van der Waals surface area contributed by atoms with Gasteiger partial charge in [0.05, 0.1) is 0 Å². The van der Waals surface area contributed by atoms with Crippen LogP contribution in [0.25, 0.3) is 0 Å². The second-order valence-corrected chi connectivity index (χ2v) is 4.39. The standard InChI is InChI=1S/C7H14N2O2.2C2HF3O2/c10-7(11)2-1-6-5-8-3-4-9-6;2*3-2(4,5)1(6)7/h6,8-9H,1-5H2,(H,10,11);2*(H,6,7). The van der Waals surface area contributed by atoms with Gasteiger partial charge in [0.2, 0.25) is 0 Å². The van der Waals surface area contributed by atoms with Crippen molar-refractivity contribution in [2.24, 2.45) is 0 Å². The smallest absolute Gasteiger partial charge is 0.481 e. The van der Waals surface area contributed by atoms with E-state index in [1.807, 2.05) is 0 Å². The number of nitrogens with one attached hydrogen (secondary N) is 2. The summed E-state index contributed by atoms with van der Waals surface area (Å²) in [7, 11) is 0. The van der Waals surface area contributed by atoms with Gasteiger partial charge in [0.15, 0.2) is 0 Å². The van der Waals surface area contributed by atoms with E-state index in [0.717, 1.165) is 26.1 Å². The molecule has 0 bridgehead atoms. The Morgan fingerprint density at radius 2 is 1.28 bits per heavy atom. The molecule has 1 rings (SSSR count). The highest BCUT2D eigenvalue weighted by atomic mass is 19.4. The van der Waals surface area contributed by atoms with Gasteiger partial charge in [-0.1, -0.05) is 0 Å². The number of piperazine rings is 1. The molecule has 1 heterocycles. The Morgan fingerprint density at radius 1 is 0.880 bits per heavy atom. The van der Waals surface area contributed by atoms with Crippen molar-refractivity contribution in [1.82, 2.24) is 10.6 Å². The molecule has 0 radical (unpaired) electrons. The van der Waals surface area contributed by atoms with Crippen LogP contribution in [0.5, 0.6) is 0 Å². The van der Waals surface area contributed by atoms with E-state index >= 15 is 0 Å². The minimum Gasteiger partial charge on any atom is -0.481 e. The quantitative estimate of drug-likeness (QED) is 0.447. The monoisotopic (exact) mass is 386 g/mol. The Labute approximate surface area is 136 Å². The fourth-order valence-corrected chi connectivity index (χ4v) is 1.21. The van der Waals surface area contributed by atoms with Crippen molar-refractivity contribution in [3.63, 3.8) is 0 Å². The SMILES string of the molecule is O=C(O)C(F)(F)F.O=C(O)C(F)(F)F.O=C(O)CCC1CNCCN1. The van der Waals surface area contributed by atoms with Crippen LogP contribution in [0.2, 0.25) is 0 Å². The van der Waals surface area contributed by atoms with Crippen LogP contribution in [-0.4, -0.2) is 71.3 Å². The van der Waals surface area contributed by atoms with Crippen molar-refractivity contribution >= 4 is 17.9 Å². The number of alkyl halides is 6. The van der Waals surface area contributed by atoms with Gasteiger partial charge in [-0.25, -0.2) is 9.59 Å². The largest absolute Gasteiger partial charge is 0.490 e. The molecule has 5 N–H and O–H groups in total. The molecule has 1 aliphatic heterocycles. The number of aliphatic carboxylic acids is 3. The Kier molecular flexibility index (Phi) is 11.5. The number of carboxylic acids is 3. The van der Waals surface area contributed by atoms with Gasteiger partial charge >= 0.3 is 30.3 Å². The Balaban J connectivity index is 0. The van der Waals surface area contributed by atoms with Gasteiger partial charge < -0.3 is 26.0 Å². The third-order valence-corrected chi connectivity index (χ3v) is 2.32. The maximum absolute atomic E-state index is 10.6. The predicted molar refractivity (Wildman–Crippen MR) is 68.9 cm³/mol. The van der Waals surface area contributed by atoms with Crippen LogP contribution in [-0.2, 0) is 14.4 Å². The van der Waals surface area contributed by atoms with E-state index in [1.54, 1.807) is 0 Å². The fourth-order valence-electron chi connectivity index (χ4n) is 1.21. The van der Waals surface area contributed by atoms with Crippen LogP contribution in [0.15, 0.2) is 0 Å². The lowest BCUT2D eigenvalue weighted by atomic mass is 10.1. The summed E-state index contributed by atoms with van der Waals surface area (Å²) in [4.78, 5) is 28.0. The number of rotatable bonds is 3. The number of hydrogen-bond acceptors (Lipinski definition) is 5. The van der Waals surface area contributed by atoms with Crippen molar-refractivity contribution in [3.05, 3.63) is 0 Å². The van der Waals surface area contributed by atoms with E-state index in [4.69, 9.17) is 24.9 Å². The summed E-state index contributed by atoms with van der Waals surface area (Å²) in [5.41, 5.74) is 0. The molecule has 0 aromatic heterocycles. The van der Waals surface area contributed by atoms with Gasteiger partial charge in [-0.05, 0) is 6.42 Å². The summed E-state index contributed by atoms with van der Waals surface area (Å²) in [5.74, 6) is -6.22. The van der Waals surface area contributed by atoms with E-state index in [1.165, 1.54) is 0 Å². The van der Waals surface area contributed by atoms with Crippen molar-refractivity contribution in [1.29, 1.82) is 0 Å². The molecule has 8 nitrogen and oxygen atoms in total. The first kappa shape index (κ1) is 25.2. The van der Waals surface area contributed by atoms with Gasteiger partial charge in [0.25, 0.3) is 0 Å². The lowest BCUT2D eigenvalue weighted by Crippen LogP contribution is -2.48. The molecule has 0 spiro atoms. The Hall–Kier alpha value is -2.09. The number of hydrogen-bond donors (Lipinski definition) is 5. The molecular weight excluding hydrogens is 370 g/mol. The van der Waals surface area contributed by atoms with Crippen molar-refractivity contribution in [2.75, 3.05) is 19.6 Å². The first-order valence-corrected chi connectivity index (χ1v) is 6.44. The maximum atomic E-state index is 10.6. The van der Waals surface area contributed by atoms with E-state index in [2.05, 4.69) is 10.6 Å². The molecular formula is C11H16F6N2O6. The summed E-state index contributed by atoms with van der Waals surface area (Å²) in [6.07, 6.45) is -9.18. The van der Waals surface area contributed by atoms with Crippen molar-refractivity contribution in [2.45, 2.75) is 31.2 Å². The van der Waals surface area contributed by atoms with E-state index in [9.17, 15) is 31.1 Å². The molecule has 0 aliphatic carbocycles. The van der Waals surface area contributed by atoms with Gasteiger partial charge in [-0.2, -0.15) is 26.3 Å². The second-order valence-electron chi connectivity index (χ2n) is 4.39. The van der Waals surface area contributed by atoms with Gasteiger partial charge in [-0.15, -0.1) is 0 Å². The van der Waals surface area contributed by atoms with Crippen LogP contribution in [0.3, 0.4) is 0 Å². The summed E-state index contributed by atoms with van der Waals surface area (Å²) in [5, 5.41) is 29.1. The Morgan fingerprint density at radius 3 is 1.52 bits per heavy atom. The second kappa shape index (κ2) is 11.5. The minimum atomic E-state index is -5.08. The fraction of sp³-hybridized carbons (Fsp3) is 0.727. The first-order chi connectivity index (χ1) is 11.2. The predicted octanol–water partition coefficient (Wildman–Crippen LogP) is 0.679. The van der Waals surface area contributed by atoms with Crippen LogP contribution in [0, 0.1) is 0 Å². The average molecular weight is 386 g/mol. The number of carbonyl (C=O) groups is 3. The highest BCUT2D eigenvalue weighted by molar-refractivity contribution is 5.73. The van der Waals surface area contributed by atoms with Gasteiger partial charge in [0, 0.05) is 32.1 Å². The third kappa shape index (κ3) is 16.5. The van der Waals surface area contributed by atoms with Crippen LogP contribution >= 0.6 is 0 Å². The van der Waals surface area contributed by atoms with Crippen molar-refractivity contribution in [3.8, 4) is 0 Å². The van der Waals surface area contributed by atoms with Gasteiger partial charge in [-0.3, -0.25) is 4.79 Å². The van der Waals surface area contributed by atoms with E-state index in [-0.39, 0.29) is 6.42 Å². The molecule has 0 amide bonds. The molecule has 1 aliphatic rings. The molecule has 1 atom stereocenters. The summed E-state index contributed by atoms with van der Waals surface area (Å²) in [6, 6.07) is 0.347. The van der Waals surface area contributed by atoms with Crippen LogP contribution in [0.4, 0.5) is 26.3 Å². The molecule has 0 aromatic carbocycles. The van der Waals surface area contributed by atoms with Crippen molar-refractivity contribution < 1.29 is 56.0 Å². The first-order valence-electron chi connectivity index (χ1n) is 6.44. The van der Waals surface area contributed by atoms with Gasteiger partial charge in [0.1, 0.15) is 0 Å². The van der Waals surface area contributed by atoms with Crippen LogP contribution < -0.4 is 10.6 Å². The molecule has 0 aromatic rings. The lowest BCUT2D eigenvalue weighted by molar-refractivity contribution is -0.193. The highest BCUT2D eigenvalue weighted by Gasteiger charge is 2.38. The molecule has 148 valence electrons. The summed E-state index contributed by atoms with van der Waals surface area (Å²) < 4.78 is 63.5. The molecule has 0 saturated carbocycles. The average Bonchev–Trinajstić information content (AvgIpc) is 2.45. The number of halogens is 6. The molecule has 25 heavy (non-hydrogen) atoms. The molecule has 14 heteroatoms. The zero-order valence-electron chi connectivity index (χ0n) is 12.4. The van der Waals surface area contributed by atoms with E-state index < -0.39 is 30.3 Å². The Bertz CT molecular complexity index is 410.